The average molecular weight is 412 g/mol. The third-order valence-electron chi connectivity index (χ3n) is 4.16. The highest BCUT2D eigenvalue weighted by Crippen LogP contribution is 2.59. The maximum absolute atomic E-state index is 13.7. The number of fused-ring (bicyclic) bond motifs is 1. The highest BCUT2D eigenvalue weighted by atomic mass is 19.4. The van der Waals surface area contributed by atoms with Gasteiger partial charge in [-0.15, -0.1) is 0 Å². The van der Waals surface area contributed by atoms with Gasteiger partial charge in [0.1, 0.15) is 5.82 Å². The number of alkyl halides is 9. The van der Waals surface area contributed by atoms with Crippen molar-refractivity contribution >= 4 is 11.0 Å². The van der Waals surface area contributed by atoms with E-state index in [4.69, 9.17) is 0 Å². The van der Waals surface area contributed by atoms with Gasteiger partial charge in [0.15, 0.2) is 0 Å². The standard InChI is InChI=1S/C17H9F9N2/c18-15(19,20)14(16(21,22)23,17(24,25)26)28-12-9-5-4-8-11(12)27-13(28)10-6-2-1-3-7-10/h1-9H. The molecule has 0 spiro atoms. The summed E-state index contributed by atoms with van der Waals surface area (Å²) in [7, 11) is 0. The van der Waals surface area contributed by atoms with Crippen molar-refractivity contribution in [2.75, 3.05) is 0 Å². The van der Waals surface area contributed by atoms with Gasteiger partial charge in [-0.3, -0.25) is 4.57 Å². The van der Waals surface area contributed by atoms with Crippen LogP contribution in [0.15, 0.2) is 54.6 Å². The number of halogens is 9. The molecule has 0 aliphatic heterocycles. The lowest BCUT2D eigenvalue weighted by Crippen LogP contribution is -2.67. The topological polar surface area (TPSA) is 17.8 Å². The maximum Gasteiger partial charge on any atom is 0.430 e. The number of hydrogen-bond donors (Lipinski definition) is 0. The van der Waals surface area contributed by atoms with Crippen molar-refractivity contribution < 1.29 is 39.5 Å². The van der Waals surface area contributed by atoms with Crippen molar-refractivity contribution in [3.05, 3.63) is 54.6 Å². The van der Waals surface area contributed by atoms with Crippen LogP contribution in [0.1, 0.15) is 0 Å². The number of imidazole rings is 1. The summed E-state index contributed by atoms with van der Waals surface area (Å²) in [6.07, 6.45) is -20.3. The zero-order valence-electron chi connectivity index (χ0n) is 13.5. The lowest BCUT2D eigenvalue weighted by molar-refractivity contribution is -0.411. The Hall–Kier alpha value is -2.72. The molecule has 0 saturated heterocycles. The Bertz CT molecular complexity index is 946. The monoisotopic (exact) mass is 412 g/mol. The van der Waals surface area contributed by atoms with E-state index >= 15 is 0 Å². The Labute approximate surface area is 151 Å². The van der Waals surface area contributed by atoms with Gasteiger partial charge >= 0.3 is 24.1 Å². The second kappa shape index (κ2) is 6.14. The van der Waals surface area contributed by atoms with E-state index < -0.39 is 45.5 Å². The number of para-hydroxylation sites is 2. The second-order valence-corrected chi connectivity index (χ2v) is 5.83. The van der Waals surface area contributed by atoms with Crippen LogP contribution in [-0.2, 0) is 5.54 Å². The van der Waals surface area contributed by atoms with Gasteiger partial charge in [0, 0.05) is 5.56 Å². The lowest BCUT2D eigenvalue weighted by Gasteiger charge is -2.40. The summed E-state index contributed by atoms with van der Waals surface area (Å²) in [6.45, 7) is 0. The van der Waals surface area contributed by atoms with E-state index in [0.717, 1.165) is 30.3 Å². The fraction of sp³-hybridized carbons (Fsp3) is 0.235. The SMILES string of the molecule is FC(F)(F)C(n1c(-c2ccccc2)nc2ccccc21)(C(F)(F)F)C(F)(F)F. The average Bonchev–Trinajstić information content (AvgIpc) is 2.92. The van der Waals surface area contributed by atoms with Gasteiger partial charge in [-0.25, -0.2) is 4.98 Å². The molecule has 1 heterocycles. The molecule has 0 N–H and O–H groups in total. The number of hydrogen-bond acceptors (Lipinski definition) is 1. The molecular formula is C17H9F9N2. The van der Waals surface area contributed by atoms with Crippen molar-refractivity contribution in [1.29, 1.82) is 0 Å². The molecule has 0 atom stereocenters. The summed E-state index contributed by atoms with van der Waals surface area (Å²) >= 11 is 0. The molecule has 150 valence electrons. The van der Waals surface area contributed by atoms with E-state index in [-0.39, 0.29) is 5.56 Å². The summed E-state index contributed by atoms with van der Waals surface area (Å²) in [5, 5.41) is 0. The molecule has 2 nitrogen and oxygen atoms in total. The van der Waals surface area contributed by atoms with Crippen LogP contribution in [0.4, 0.5) is 39.5 Å². The minimum absolute atomic E-state index is 0.333. The highest BCUT2D eigenvalue weighted by Gasteiger charge is 2.85. The van der Waals surface area contributed by atoms with Gasteiger partial charge in [-0.05, 0) is 12.1 Å². The molecule has 0 saturated carbocycles. The van der Waals surface area contributed by atoms with Gasteiger partial charge in [0.05, 0.1) is 11.0 Å². The van der Waals surface area contributed by atoms with Gasteiger partial charge < -0.3 is 0 Å². The van der Waals surface area contributed by atoms with Crippen molar-refractivity contribution in [2.45, 2.75) is 24.1 Å². The van der Waals surface area contributed by atoms with Crippen molar-refractivity contribution in [1.82, 2.24) is 9.55 Å². The molecule has 0 aliphatic carbocycles. The van der Waals surface area contributed by atoms with E-state index in [1.807, 2.05) is 0 Å². The van der Waals surface area contributed by atoms with E-state index in [0.29, 0.717) is 0 Å². The zero-order valence-corrected chi connectivity index (χ0v) is 13.5. The third kappa shape index (κ3) is 2.71. The first-order valence-electron chi connectivity index (χ1n) is 7.56. The minimum atomic E-state index is -6.75. The summed E-state index contributed by atoms with van der Waals surface area (Å²) in [5.74, 6) is -1.10. The summed E-state index contributed by atoms with van der Waals surface area (Å²) in [4.78, 5) is 3.65. The molecule has 0 fully saturated rings. The fourth-order valence-electron chi connectivity index (χ4n) is 3.01. The molecule has 0 unspecified atom stereocenters. The lowest BCUT2D eigenvalue weighted by atomic mass is 9.95. The van der Waals surface area contributed by atoms with Crippen LogP contribution in [0, 0.1) is 0 Å². The Morgan fingerprint density at radius 1 is 0.607 bits per heavy atom. The second-order valence-electron chi connectivity index (χ2n) is 5.83. The molecule has 0 amide bonds. The number of benzene rings is 2. The Kier molecular flexibility index (Phi) is 4.39. The number of aromatic nitrogens is 2. The minimum Gasteiger partial charge on any atom is -0.293 e. The molecule has 3 aromatic rings. The normalized spacial score (nSPS) is 13.9. The Morgan fingerprint density at radius 3 is 1.57 bits per heavy atom. The van der Waals surface area contributed by atoms with Crippen LogP contribution < -0.4 is 0 Å². The predicted molar refractivity (Wildman–Crippen MR) is 81.3 cm³/mol. The smallest absolute Gasteiger partial charge is 0.293 e. The Morgan fingerprint density at radius 2 is 1.07 bits per heavy atom. The van der Waals surface area contributed by atoms with Crippen molar-refractivity contribution in [3.63, 3.8) is 0 Å². The quantitative estimate of drug-likeness (QED) is 0.466. The van der Waals surface area contributed by atoms with E-state index in [2.05, 4.69) is 4.98 Å². The van der Waals surface area contributed by atoms with Gasteiger partial charge in [-0.2, -0.15) is 39.5 Å². The molecule has 28 heavy (non-hydrogen) atoms. The Balaban J connectivity index is 2.59. The van der Waals surface area contributed by atoms with E-state index in [1.165, 1.54) is 24.3 Å². The van der Waals surface area contributed by atoms with E-state index in [1.54, 1.807) is 0 Å². The summed E-state index contributed by atoms with van der Waals surface area (Å²) < 4.78 is 122. The van der Waals surface area contributed by atoms with Crippen LogP contribution >= 0.6 is 0 Å². The predicted octanol–water partition coefficient (Wildman–Crippen LogP) is 6.09. The molecular weight excluding hydrogens is 403 g/mol. The molecule has 1 aromatic heterocycles. The largest absolute Gasteiger partial charge is 0.430 e. The van der Waals surface area contributed by atoms with Crippen LogP contribution in [0.5, 0.6) is 0 Å². The summed E-state index contributed by atoms with van der Waals surface area (Å²) in [5.41, 5.74) is -7.91. The third-order valence-corrected chi connectivity index (χ3v) is 4.16. The maximum atomic E-state index is 13.7. The number of rotatable bonds is 2. The van der Waals surface area contributed by atoms with Crippen molar-refractivity contribution in [3.8, 4) is 11.4 Å². The summed E-state index contributed by atoms with van der Waals surface area (Å²) in [6, 6.07) is 10.1. The van der Waals surface area contributed by atoms with Gasteiger partial charge in [-0.1, -0.05) is 42.5 Å². The molecule has 2 aromatic carbocycles. The van der Waals surface area contributed by atoms with Crippen LogP contribution in [-0.4, -0.2) is 28.1 Å². The molecule has 11 heteroatoms. The van der Waals surface area contributed by atoms with Crippen LogP contribution in [0.3, 0.4) is 0 Å². The van der Waals surface area contributed by atoms with Crippen molar-refractivity contribution in [2.24, 2.45) is 0 Å². The first kappa shape index (κ1) is 20.0. The zero-order chi connectivity index (χ0) is 21.0. The fourth-order valence-corrected chi connectivity index (χ4v) is 3.01. The first-order chi connectivity index (χ1) is 12.8. The van der Waals surface area contributed by atoms with E-state index in [9.17, 15) is 39.5 Å². The first-order valence-corrected chi connectivity index (χ1v) is 7.56. The van der Waals surface area contributed by atoms with Crippen LogP contribution in [0.25, 0.3) is 22.4 Å². The molecule has 3 rings (SSSR count). The number of nitrogens with zero attached hydrogens (tertiary/aromatic N) is 2. The molecule has 0 bridgehead atoms. The van der Waals surface area contributed by atoms with Gasteiger partial charge in [0.25, 0.3) is 0 Å². The molecule has 0 radical (unpaired) electrons. The van der Waals surface area contributed by atoms with Crippen LogP contribution in [0.2, 0.25) is 0 Å². The van der Waals surface area contributed by atoms with Gasteiger partial charge in [0.2, 0.25) is 0 Å². The highest BCUT2D eigenvalue weighted by molar-refractivity contribution is 5.81. The molecule has 0 aliphatic rings.